The number of halogens is 6. The second-order valence-electron chi connectivity index (χ2n) is 13.1. The highest BCUT2D eigenvalue weighted by Gasteiger charge is 2.49. The van der Waals surface area contributed by atoms with Crippen molar-refractivity contribution in [2.75, 3.05) is 44.2 Å². The zero-order valence-corrected chi connectivity index (χ0v) is 27.7. The first-order chi connectivity index (χ1) is 25.1. The predicted octanol–water partition coefficient (Wildman–Crippen LogP) is 6.20. The van der Waals surface area contributed by atoms with Gasteiger partial charge in [0.15, 0.2) is 11.6 Å². The molecule has 3 saturated heterocycles. The van der Waals surface area contributed by atoms with Gasteiger partial charge in [0.1, 0.15) is 35.6 Å². The quantitative estimate of drug-likeness (QED) is 0.147. The molecule has 6 heterocycles. The van der Waals surface area contributed by atoms with E-state index in [0.29, 0.717) is 13.0 Å². The molecule has 0 radical (unpaired) electrons. The number of carbonyl (C=O) groups is 1. The first kappa shape index (κ1) is 35.1. The minimum absolute atomic E-state index is 0.00142. The third-order valence-corrected chi connectivity index (χ3v) is 9.92. The number of nitrogens with zero attached hydrogens (tertiary/aromatic N) is 8. The van der Waals surface area contributed by atoms with Crippen LogP contribution in [-0.2, 0) is 4.79 Å². The molecule has 270 valence electrons. The van der Waals surface area contributed by atoms with Crippen molar-refractivity contribution >= 4 is 28.7 Å². The van der Waals surface area contributed by atoms with E-state index in [1.165, 1.54) is 23.4 Å². The van der Waals surface area contributed by atoms with Crippen molar-refractivity contribution in [1.82, 2.24) is 29.7 Å². The second kappa shape index (κ2) is 14.4. The number of hydrogen-bond acceptors (Lipinski definition) is 9. The third kappa shape index (κ3) is 6.72. The topological polar surface area (TPSA) is 111 Å². The number of pyridine rings is 2. The normalized spacial score (nSPS) is 22.2. The van der Waals surface area contributed by atoms with Crippen LogP contribution in [0, 0.1) is 23.0 Å². The van der Waals surface area contributed by atoms with Gasteiger partial charge in [0.25, 0.3) is 12.3 Å². The molecule has 3 aliphatic heterocycles. The van der Waals surface area contributed by atoms with Gasteiger partial charge >= 0.3 is 6.01 Å². The fraction of sp³-hybridized carbons (Fsp3) is 0.389. The molecule has 52 heavy (non-hydrogen) atoms. The van der Waals surface area contributed by atoms with Gasteiger partial charge in [-0.05, 0) is 49.7 Å². The summed E-state index contributed by atoms with van der Waals surface area (Å²) in [5, 5.41) is 9.69. The molecule has 0 N–H and O–H groups in total. The molecular weight excluding hydrogens is 690 g/mol. The third-order valence-electron chi connectivity index (χ3n) is 9.92. The average molecular weight is 723 g/mol. The standard InChI is InChI=1S/C36H32F6N8O2/c37-21-5-6-25(32(41)42)26(14-21)30-29(40)31-27(17-45-30)33(47-35(46-31)52-20-36-8-3-11-49(36)18-22(38)16-36)48-12-13-50(24(19-48)7-9-43)34(51)28(39)15-23-4-1-2-10-44-23/h1-2,4-6,10,14-15,17,22,24,32H,3,7-8,11-13,16,18-20H2/b28-15-/t22-,24+,36+/m1/s1. The van der Waals surface area contributed by atoms with E-state index in [1.807, 2.05) is 11.0 Å². The van der Waals surface area contributed by atoms with Crippen LogP contribution in [0.3, 0.4) is 0 Å². The van der Waals surface area contributed by atoms with Crippen molar-refractivity contribution in [1.29, 1.82) is 5.26 Å². The predicted molar refractivity (Wildman–Crippen MR) is 177 cm³/mol. The Bertz CT molecular complexity index is 2060. The van der Waals surface area contributed by atoms with Gasteiger partial charge in [-0.15, -0.1) is 0 Å². The zero-order chi connectivity index (χ0) is 36.6. The first-order valence-corrected chi connectivity index (χ1v) is 16.7. The number of hydrogen-bond donors (Lipinski definition) is 0. The van der Waals surface area contributed by atoms with Gasteiger partial charge in [-0.2, -0.15) is 15.2 Å². The molecule has 0 aliphatic carbocycles. The fourth-order valence-electron chi connectivity index (χ4n) is 7.47. The maximum atomic E-state index is 16.5. The van der Waals surface area contributed by atoms with E-state index in [-0.39, 0.29) is 74.1 Å². The van der Waals surface area contributed by atoms with E-state index >= 15 is 8.78 Å². The zero-order valence-electron chi connectivity index (χ0n) is 27.7. The highest BCUT2D eigenvalue weighted by atomic mass is 19.3. The Morgan fingerprint density at radius 2 is 1.96 bits per heavy atom. The van der Waals surface area contributed by atoms with Crippen LogP contribution < -0.4 is 9.64 Å². The summed E-state index contributed by atoms with van der Waals surface area (Å²) < 4.78 is 94.4. The maximum Gasteiger partial charge on any atom is 0.319 e. The number of piperazine rings is 1. The van der Waals surface area contributed by atoms with Crippen molar-refractivity contribution in [3.63, 3.8) is 0 Å². The van der Waals surface area contributed by atoms with Crippen molar-refractivity contribution in [2.45, 2.75) is 49.9 Å². The molecule has 3 fully saturated rings. The van der Waals surface area contributed by atoms with E-state index in [2.05, 4.69) is 19.9 Å². The number of anilines is 1. The Labute approximate surface area is 294 Å². The lowest BCUT2D eigenvalue weighted by molar-refractivity contribution is -0.131. The molecule has 3 aromatic heterocycles. The molecule has 0 bridgehead atoms. The SMILES string of the molecule is N#CC[C@H]1CN(c2nc(OC[C@@]34CCCN3C[C@H](F)C4)nc3c(F)c(-c4cc(F)ccc4C(F)F)ncc23)CCN1C(=O)/C(F)=C/c1ccccn1. The van der Waals surface area contributed by atoms with E-state index in [4.69, 9.17) is 4.74 Å². The first-order valence-electron chi connectivity index (χ1n) is 16.7. The number of carbonyl (C=O) groups excluding carboxylic acids is 1. The number of nitriles is 1. The van der Waals surface area contributed by atoms with Gasteiger partial charge in [-0.3, -0.25) is 19.7 Å². The molecule has 10 nitrogen and oxygen atoms in total. The smallest absolute Gasteiger partial charge is 0.319 e. The molecule has 3 aliphatic rings. The molecule has 1 aromatic carbocycles. The summed E-state index contributed by atoms with van der Waals surface area (Å²) in [4.78, 5) is 35.2. The summed E-state index contributed by atoms with van der Waals surface area (Å²) >= 11 is 0. The molecule has 1 amide bonds. The minimum Gasteiger partial charge on any atom is -0.461 e. The Balaban J connectivity index is 1.26. The molecule has 0 unspecified atom stereocenters. The Kier molecular flexibility index (Phi) is 9.71. The number of alkyl halides is 3. The van der Waals surface area contributed by atoms with Crippen LogP contribution in [-0.4, -0.2) is 92.7 Å². The molecule has 16 heteroatoms. The van der Waals surface area contributed by atoms with E-state index in [1.54, 1.807) is 17.0 Å². The summed E-state index contributed by atoms with van der Waals surface area (Å²) in [5.74, 6) is -3.92. The molecule has 0 spiro atoms. The number of benzene rings is 1. The van der Waals surface area contributed by atoms with Gasteiger partial charge in [-0.1, -0.05) is 6.07 Å². The van der Waals surface area contributed by atoms with Gasteiger partial charge in [0, 0.05) is 62.2 Å². The molecule has 0 saturated carbocycles. The van der Waals surface area contributed by atoms with Crippen LogP contribution in [0.2, 0.25) is 0 Å². The van der Waals surface area contributed by atoms with E-state index < -0.39 is 64.4 Å². The summed E-state index contributed by atoms with van der Waals surface area (Å²) in [7, 11) is 0. The lowest BCUT2D eigenvalue weighted by Gasteiger charge is -2.41. The Morgan fingerprint density at radius 1 is 1.12 bits per heavy atom. The summed E-state index contributed by atoms with van der Waals surface area (Å²) in [6.07, 6.45) is 1.10. The Morgan fingerprint density at radius 3 is 2.73 bits per heavy atom. The lowest BCUT2D eigenvalue weighted by atomic mass is 9.95. The average Bonchev–Trinajstić information content (AvgIpc) is 3.66. The van der Waals surface area contributed by atoms with Crippen molar-refractivity contribution < 1.29 is 35.9 Å². The summed E-state index contributed by atoms with van der Waals surface area (Å²) in [6.45, 7) is 0.919. The lowest BCUT2D eigenvalue weighted by Crippen LogP contribution is -2.55. The minimum atomic E-state index is -3.06. The van der Waals surface area contributed by atoms with Crippen molar-refractivity contribution in [3.05, 3.63) is 77.5 Å². The van der Waals surface area contributed by atoms with Crippen LogP contribution >= 0.6 is 0 Å². The molecule has 3 atom stereocenters. The van der Waals surface area contributed by atoms with Crippen molar-refractivity contribution in [2.24, 2.45) is 0 Å². The Hall–Kier alpha value is -5.30. The van der Waals surface area contributed by atoms with Gasteiger partial charge < -0.3 is 14.5 Å². The number of fused-ring (bicyclic) bond motifs is 2. The largest absolute Gasteiger partial charge is 0.461 e. The van der Waals surface area contributed by atoms with Gasteiger partial charge in [0.05, 0.1) is 35.2 Å². The molecular formula is C36H32F6N8O2. The highest BCUT2D eigenvalue weighted by Crippen LogP contribution is 2.41. The van der Waals surface area contributed by atoms with Gasteiger partial charge in [0.2, 0.25) is 0 Å². The fourth-order valence-corrected chi connectivity index (χ4v) is 7.47. The van der Waals surface area contributed by atoms with Crippen LogP contribution in [0.25, 0.3) is 28.2 Å². The second-order valence-corrected chi connectivity index (χ2v) is 13.1. The molecule has 4 aromatic rings. The maximum absolute atomic E-state index is 16.5. The number of aromatic nitrogens is 4. The monoisotopic (exact) mass is 722 g/mol. The summed E-state index contributed by atoms with van der Waals surface area (Å²) in [5.41, 5.74) is -2.39. The number of rotatable bonds is 9. The van der Waals surface area contributed by atoms with Gasteiger partial charge in [-0.25, -0.2) is 26.3 Å². The van der Waals surface area contributed by atoms with Crippen LogP contribution in [0.4, 0.5) is 32.2 Å². The summed E-state index contributed by atoms with van der Waals surface area (Å²) in [6, 6.07) is 8.21. The van der Waals surface area contributed by atoms with E-state index in [9.17, 15) is 27.6 Å². The number of ether oxygens (including phenoxy) is 1. The van der Waals surface area contributed by atoms with Crippen LogP contribution in [0.5, 0.6) is 6.01 Å². The van der Waals surface area contributed by atoms with Crippen molar-refractivity contribution in [3.8, 4) is 23.3 Å². The van der Waals surface area contributed by atoms with Crippen LogP contribution in [0.15, 0.2) is 54.6 Å². The van der Waals surface area contributed by atoms with E-state index in [0.717, 1.165) is 30.7 Å². The van der Waals surface area contributed by atoms with Crippen LogP contribution in [0.1, 0.15) is 43.4 Å². The highest BCUT2D eigenvalue weighted by molar-refractivity contribution is 5.96. The number of amides is 1. The molecule has 7 rings (SSSR count).